The smallest absolute Gasteiger partial charge is 0.152 e. The minimum atomic E-state index is 0.935. The second-order valence-corrected chi connectivity index (χ2v) is 3.16. The highest BCUT2D eigenvalue weighted by Gasteiger charge is 2.05. The van der Waals surface area contributed by atoms with Gasteiger partial charge >= 0.3 is 0 Å². The molecule has 2 rings (SSSR count). The molecule has 54 valence electrons. The molecule has 0 amide bonds. The summed E-state index contributed by atoms with van der Waals surface area (Å²) in [6, 6.07) is 0. The van der Waals surface area contributed by atoms with E-state index in [0.29, 0.717) is 0 Å². The van der Waals surface area contributed by atoms with Crippen LogP contribution in [0.3, 0.4) is 0 Å². The van der Waals surface area contributed by atoms with Gasteiger partial charge in [0.25, 0.3) is 0 Å². The van der Waals surface area contributed by atoms with Crippen LogP contribution in [0.25, 0.3) is 10.3 Å². The normalized spacial score (nSPS) is 10.2. The molecule has 2 nitrogen and oxygen atoms in total. The Morgan fingerprint density at radius 1 is 1.73 bits per heavy atom. The lowest BCUT2D eigenvalue weighted by atomic mass is 10.4. The Morgan fingerprint density at radius 2 is 2.55 bits per heavy atom. The van der Waals surface area contributed by atoms with Gasteiger partial charge in [0.05, 0.1) is 15.8 Å². The summed E-state index contributed by atoms with van der Waals surface area (Å²) in [6.07, 6.45) is 7.23. The molecule has 2 aromatic rings. The van der Waals surface area contributed by atoms with Crippen molar-refractivity contribution in [2.75, 3.05) is 0 Å². The van der Waals surface area contributed by atoms with Crippen LogP contribution in [0.5, 0.6) is 0 Å². The van der Waals surface area contributed by atoms with Crippen LogP contribution in [0.2, 0.25) is 0 Å². The van der Waals surface area contributed by atoms with Gasteiger partial charge in [-0.05, 0) is 0 Å². The van der Waals surface area contributed by atoms with E-state index in [1.54, 1.807) is 11.3 Å². The fourth-order valence-corrected chi connectivity index (χ4v) is 1.89. The molecule has 0 aromatic carbocycles. The highest BCUT2D eigenvalue weighted by Crippen LogP contribution is 2.22. The first kappa shape index (κ1) is 6.44. The van der Waals surface area contributed by atoms with Gasteiger partial charge in [0.15, 0.2) is 5.65 Å². The average molecular weight is 162 g/mol. The fourth-order valence-electron chi connectivity index (χ4n) is 1.09. The van der Waals surface area contributed by atoms with Crippen molar-refractivity contribution in [2.24, 2.45) is 7.05 Å². The second-order valence-electron chi connectivity index (χ2n) is 2.30. The van der Waals surface area contributed by atoms with E-state index in [0.717, 1.165) is 15.9 Å². The van der Waals surface area contributed by atoms with E-state index in [1.165, 1.54) is 0 Å². The maximum absolute atomic E-state index is 5.30. The molecule has 0 radical (unpaired) electrons. The molecule has 2 heterocycles. The number of hydrogen-bond donors (Lipinski definition) is 0. The molecule has 0 bridgehead atoms. The van der Waals surface area contributed by atoms with E-state index in [-0.39, 0.29) is 0 Å². The standard InChI is InChI=1S/C8H6N2S/c1-3-6-4-10(2)8-7(6)11-5-9-8/h1,4-5H,2H3. The van der Waals surface area contributed by atoms with Crippen molar-refractivity contribution < 1.29 is 0 Å². The van der Waals surface area contributed by atoms with Crippen LogP contribution in [0.4, 0.5) is 0 Å². The lowest BCUT2D eigenvalue weighted by Gasteiger charge is -1.84. The molecule has 0 saturated heterocycles. The summed E-state index contributed by atoms with van der Waals surface area (Å²) in [4.78, 5) is 4.17. The van der Waals surface area contributed by atoms with Crippen LogP contribution >= 0.6 is 11.3 Å². The zero-order valence-corrected chi connectivity index (χ0v) is 6.85. The van der Waals surface area contributed by atoms with Crippen molar-refractivity contribution in [3.05, 3.63) is 17.3 Å². The first-order chi connectivity index (χ1) is 5.33. The number of aryl methyl sites for hydroxylation is 1. The maximum Gasteiger partial charge on any atom is 0.152 e. The van der Waals surface area contributed by atoms with E-state index >= 15 is 0 Å². The first-order valence-corrected chi connectivity index (χ1v) is 4.06. The van der Waals surface area contributed by atoms with Gasteiger partial charge in [0.1, 0.15) is 0 Å². The molecule has 0 spiro atoms. The monoisotopic (exact) mass is 162 g/mol. The van der Waals surface area contributed by atoms with Crippen molar-refractivity contribution >= 4 is 21.7 Å². The number of aromatic nitrogens is 2. The fraction of sp³-hybridized carbons (Fsp3) is 0.125. The summed E-state index contributed by atoms with van der Waals surface area (Å²) in [5.74, 6) is 2.63. The van der Waals surface area contributed by atoms with Gasteiger partial charge < -0.3 is 4.57 Å². The van der Waals surface area contributed by atoms with E-state index in [9.17, 15) is 0 Å². The number of terminal acetylenes is 1. The van der Waals surface area contributed by atoms with Gasteiger partial charge in [-0.3, -0.25) is 0 Å². The van der Waals surface area contributed by atoms with Crippen LogP contribution in [-0.2, 0) is 7.05 Å². The van der Waals surface area contributed by atoms with E-state index < -0.39 is 0 Å². The van der Waals surface area contributed by atoms with Gasteiger partial charge in [-0.1, -0.05) is 5.92 Å². The molecule has 0 atom stereocenters. The van der Waals surface area contributed by atoms with Gasteiger partial charge in [-0.2, -0.15) is 0 Å². The third-order valence-electron chi connectivity index (χ3n) is 1.61. The molecule has 3 heteroatoms. The molecule has 0 saturated carbocycles. The summed E-state index contributed by atoms with van der Waals surface area (Å²) < 4.78 is 3.05. The molecular formula is C8H6N2S. The molecule has 2 aromatic heterocycles. The highest BCUT2D eigenvalue weighted by atomic mass is 32.1. The molecule has 11 heavy (non-hydrogen) atoms. The number of hydrogen-bond acceptors (Lipinski definition) is 2. The molecule has 0 aliphatic rings. The lowest BCUT2D eigenvalue weighted by Crippen LogP contribution is -1.82. The molecule has 0 unspecified atom stereocenters. The SMILES string of the molecule is C#Cc1cn(C)c2ncsc12. The molecule has 0 fully saturated rings. The van der Waals surface area contributed by atoms with Crippen LogP contribution in [0.1, 0.15) is 5.56 Å². The number of nitrogens with zero attached hydrogens (tertiary/aromatic N) is 2. The van der Waals surface area contributed by atoms with Gasteiger partial charge in [0, 0.05) is 13.2 Å². The third-order valence-corrected chi connectivity index (χ3v) is 2.45. The predicted molar refractivity (Wildman–Crippen MR) is 46.5 cm³/mol. The number of rotatable bonds is 0. The molecular weight excluding hydrogens is 156 g/mol. The summed E-state index contributed by atoms with van der Waals surface area (Å²) in [5.41, 5.74) is 3.72. The quantitative estimate of drug-likeness (QED) is 0.538. The van der Waals surface area contributed by atoms with Crippen LogP contribution in [0, 0.1) is 12.3 Å². The Hall–Kier alpha value is -1.27. The second kappa shape index (κ2) is 2.11. The Bertz CT molecular complexity index is 430. The van der Waals surface area contributed by atoms with Crippen LogP contribution in [-0.4, -0.2) is 9.55 Å². The van der Waals surface area contributed by atoms with Crippen LogP contribution < -0.4 is 0 Å². The molecule has 0 aliphatic carbocycles. The Morgan fingerprint density at radius 3 is 3.27 bits per heavy atom. The minimum Gasteiger partial charge on any atom is -0.334 e. The summed E-state index contributed by atoms with van der Waals surface area (Å²) in [7, 11) is 1.95. The summed E-state index contributed by atoms with van der Waals surface area (Å²) in [5, 5.41) is 0. The van der Waals surface area contributed by atoms with Gasteiger partial charge in [-0.15, -0.1) is 17.8 Å². The zero-order chi connectivity index (χ0) is 7.84. The van der Waals surface area contributed by atoms with E-state index in [1.807, 2.05) is 23.3 Å². The number of thiazole rings is 1. The van der Waals surface area contributed by atoms with Crippen molar-refractivity contribution in [3.8, 4) is 12.3 Å². The van der Waals surface area contributed by atoms with E-state index in [2.05, 4.69) is 10.9 Å². The predicted octanol–water partition coefficient (Wildman–Crippen LogP) is 1.62. The Labute approximate surface area is 68.5 Å². The maximum atomic E-state index is 5.30. The summed E-state index contributed by atoms with van der Waals surface area (Å²) in [6.45, 7) is 0. The number of fused-ring (bicyclic) bond motifs is 1. The van der Waals surface area contributed by atoms with Crippen molar-refractivity contribution in [1.82, 2.24) is 9.55 Å². The van der Waals surface area contributed by atoms with E-state index in [4.69, 9.17) is 6.42 Å². The van der Waals surface area contributed by atoms with Crippen molar-refractivity contribution in [3.63, 3.8) is 0 Å². The summed E-state index contributed by atoms with van der Waals surface area (Å²) >= 11 is 1.58. The first-order valence-electron chi connectivity index (χ1n) is 3.18. The zero-order valence-electron chi connectivity index (χ0n) is 6.03. The third kappa shape index (κ3) is 0.765. The largest absolute Gasteiger partial charge is 0.334 e. The molecule has 0 N–H and O–H groups in total. The van der Waals surface area contributed by atoms with Gasteiger partial charge in [-0.25, -0.2) is 4.98 Å². The topological polar surface area (TPSA) is 17.8 Å². The average Bonchev–Trinajstić information content (AvgIpc) is 2.54. The Kier molecular flexibility index (Phi) is 1.23. The Balaban J connectivity index is 2.94. The van der Waals surface area contributed by atoms with Crippen molar-refractivity contribution in [2.45, 2.75) is 0 Å². The highest BCUT2D eigenvalue weighted by molar-refractivity contribution is 7.17. The van der Waals surface area contributed by atoms with Crippen LogP contribution in [0.15, 0.2) is 11.7 Å². The van der Waals surface area contributed by atoms with Crippen molar-refractivity contribution in [1.29, 1.82) is 0 Å². The van der Waals surface area contributed by atoms with Gasteiger partial charge in [0.2, 0.25) is 0 Å². The lowest BCUT2D eigenvalue weighted by molar-refractivity contribution is 0.950. The molecule has 0 aliphatic heterocycles. The minimum absolute atomic E-state index is 0.935.